The van der Waals surface area contributed by atoms with Crippen LogP contribution < -0.4 is 0 Å². The lowest BCUT2D eigenvalue weighted by Crippen LogP contribution is -2.60. The van der Waals surface area contributed by atoms with Gasteiger partial charge in [-0.15, -0.1) is 0 Å². The normalized spacial score (nSPS) is 23.7. The predicted octanol–water partition coefficient (Wildman–Crippen LogP) is 4.47. The van der Waals surface area contributed by atoms with Crippen molar-refractivity contribution in [2.45, 2.75) is 44.4 Å². The lowest BCUT2D eigenvalue weighted by atomic mass is 9.95. The molecule has 0 spiro atoms. The van der Waals surface area contributed by atoms with Crippen LogP contribution >= 0.6 is 0 Å². The summed E-state index contributed by atoms with van der Waals surface area (Å²) in [4.78, 5) is 38.7. The van der Waals surface area contributed by atoms with E-state index in [2.05, 4.69) is 0 Å². The number of carbonyl (C=O) groups is 3. The lowest BCUT2D eigenvalue weighted by Gasteiger charge is -2.43. The number of ether oxygens (including phenoxy) is 4. The van der Waals surface area contributed by atoms with E-state index >= 15 is 0 Å². The van der Waals surface area contributed by atoms with E-state index < -0.39 is 48.4 Å². The zero-order chi connectivity index (χ0) is 24.8. The van der Waals surface area contributed by atoms with Crippen LogP contribution in [0.25, 0.3) is 0 Å². The smallest absolute Gasteiger partial charge is 0.338 e. The molecule has 0 saturated carbocycles. The van der Waals surface area contributed by atoms with Gasteiger partial charge in [-0.1, -0.05) is 54.6 Å². The van der Waals surface area contributed by atoms with Crippen LogP contribution in [0.1, 0.15) is 44.9 Å². The van der Waals surface area contributed by atoms with Crippen molar-refractivity contribution >= 4 is 17.9 Å². The highest BCUT2D eigenvalue weighted by Gasteiger charge is 2.49. The molecule has 1 aliphatic rings. The van der Waals surface area contributed by atoms with Crippen molar-refractivity contribution in [3.05, 3.63) is 108 Å². The Morgan fingerprint density at radius 1 is 0.514 bits per heavy atom. The van der Waals surface area contributed by atoms with Crippen LogP contribution in [0.5, 0.6) is 0 Å². The van der Waals surface area contributed by atoms with Gasteiger partial charge < -0.3 is 18.9 Å². The molecule has 4 rings (SSSR count). The van der Waals surface area contributed by atoms with Crippen LogP contribution in [0, 0.1) is 0 Å². The Morgan fingerprint density at radius 3 is 1.11 bits per heavy atom. The molecule has 0 bridgehead atoms. The summed E-state index contributed by atoms with van der Waals surface area (Å²) < 4.78 is 23.3. The molecule has 2 unspecified atom stereocenters. The Morgan fingerprint density at radius 2 is 0.800 bits per heavy atom. The van der Waals surface area contributed by atoms with E-state index in [4.69, 9.17) is 18.9 Å². The van der Waals surface area contributed by atoms with E-state index in [9.17, 15) is 14.4 Å². The summed E-state index contributed by atoms with van der Waals surface area (Å²) in [6.07, 6.45) is -4.38. The number of carbonyl (C=O) groups excluding carboxylic acids is 3. The highest BCUT2D eigenvalue weighted by molar-refractivity contribution is 5.91. The third-order valence-corrected chi connectivity index (χ3v) is 5.76. The minimum absolute atomic E-state index is 0.320. The number of hydrogen-bond donors (Lipinski definition) is 0. The van der Waals surface area contributed by atoms with E-state index in [1.54, 1.807) is 105 Å². The van der Waals surface area contributed by atoms with Crippen LogP contribution in [0.3, 0.4) is 0 Å². The molecule has 7 nitrogen and oxygen atoms in total. The Hall–Kier alpha value is -3.97. The fraction of sp³-hybridized carbons (Fsp3) is 0.250. The van der Waals surface area contributed by atoms with Crippen molar-refractivity contribution in [1.29, 1.82) is 0 Å². The number of benzene rings is 3. The van der Waals surface area contributed by atoms with E-state index in [0.717, 1.165) is 0 Å². The van der Waals surface area contributed by atoms with Crippen molar-refractivity contribution in [2.24, 2.45) is 0 Å². The number of rotatable bonds is 6. The summed E-state index contributed by atoms with van der Waals surface area (Å²) in [6.45, 7) is 3.44. The first kappa shape index (κ1) is 24.2. The summed E-state index contributed by atoms with van der Waals surface area (Å²) in [6, 6.07) is 25.4. The molecule has 7 heteroatoms. The first-order chi connectivity index (χ1) is 16.9. The zero-order valence-electron chi connectivity index (χ0n) is 19.4. The maximum Gasteiger partial charge on any atom is 0.338 e. The topological polar surface area (TPSA) is 88.1 Å². The van der Waals surface area contributed by atoms with E-state index in [1.807, 2.05) is 0 Å². The Balaban J connectivity index is 1.63. The number of esters is 3. The van der Waals surface area contributed by atoms with Gasteiger partial charge in [-0.2, -0.15) is 0 Å². The molecule has 5 atom stereocenters. The molecule has 0 aliphatic carbocycles. The summed E-state index contributed by atoms with van der Waals surface area (Å²) in [5.41, 5.74) is 0.995. The average molecular weight is 475 g/mol. The molecule has 0 radical (unpaired) electrons. The standard InChI is InChI=1S/C28H26O7/c1-18-23(33-26(29)20-12-6-3-7-13-20)25(35-28(31)22-16-10-5-11-17-22)24(19(2)32-18)34-27(30)21-14-8-4-9-15-21/h3-19,23-25H,1-2H3/t18-,19?,23?,24-,25+/m0/s1. The minimum Gasteiger partial charge on any atom is -0.452 e. The van der Waals surface area contributed by atoms with Crippen molar-refractivity contribution in [1.82, 2.24) is 0 Å². The van der Waals surface area contributed by atoms with Gasteiger partial charge in [-0.05, 0) is 50.2 Å². The van der Waals surface area contributed by atoms with Crippen molar-refractivity contribution in [3.8, 4) is 0 Å². The largest absolute Gasteiger partial charge is 0.452 e. The first-order valence-corrected chi connectivity index (χ1v) is 11.4. The molecule has 1 heterocycles. The summed E-state index contributed by atoms with van der Waals surface area (Å²) in [5.74, 6) is -1.83. The van der Waals surface area contributed by atoms with Crippen molar-refractivity contribution in [3.63, 3.8) is 0 Å². The SMILES string of the molecule is CC1O[C@@H](C)C(OC(=O)c2ccccc2)[C@@H](OC(=O)c2ccccc2)[C@H]1OC(=O)c1ccccc1. The van der Waals surface area contributed by atoms with Crippen LogP contribution in [0.15, 0.2) is 91.0 Å². The van der Waals surface area contributed by atoms with Gasteiger partial charge in [0.2, 0.25) is 0 Å². The fourth-order valence-electron chi connectivity index (χ4n) is 3.97. The maximum absolute atomic E-state index is 13.0. The van der Waals surface area contributed by atoms with Gasteiger partial charge in [-0.3, -0.25) is 0 Å². The monoisotopic (exact) mass is 474 g/mol. The Kier molecular flexibility index (Phi) is 7.57. The van der Waals surface area contributed by atoms with Crippen LogP contribution in [0.2, 0.25) is 0 Å². The van der Waals surface area contributed by atoms with Gasteiger partial charge in [0.05, 0.1) is 28.9 Å². The third kappa shape index (κ3) is 5.75. The zero-order valence-corrected chi connectivity index (χ0v) is 19.4. The van der Waals surface area contributed by atoms with Gasteiger partial charge in [0, 0.05) is 0 Å². The Labute approximate surface area is 203 Å². The van der Waals surface area contributed by atoms with Crippen LogP contribution in [-0.2, 0) is 18.9 Å². The second-order valence-electron chi connectivity index (χ2n) is 8.25. The van der Waals surface area contributed by atoms with Crippen molar-refractivity contribution < 1.29 is 33.3 Å². The maximum atomic E-state index is 13.0. The predicted molar refractivity (Wildman–Crippen MR) is 127 cm³/mol. The number of hydrogen-bond acceptors (Lipinski definition) is 7. The highest BCUT2D eigenvalue weighted by Crippen LogP contribution is 2.30. The molecule has 3 aromatic carbocycles. The molecule has 0 N–H and O–H groups in total. The summed E-state index contributed by atoms with van der Waals surface area (Å²) >= 11 is 0. The lowest BCUT2D eigenvalue weighted by molar-refractivity contribution is -0.212. The molecular formula is C28H26O7. The molecule has 0 amide bonds. The molecule has 35 heavy (non-hydrogen) atoms. The summed E-state index contributed by atoms with van der Waals surface area (Å²) in [5, 5.41) is 0. The highest BCUT2D eigenvalue weighted by atomic mass is 16.6. The Bertz CT molecular complexity index is 1080. The molecule has 1 saturated heterocycles. The quantitative estimate of drug-likeness (QED) is 0.385. The average Bonchev–Trinajstić information content (AvgIpc) is 2.89. The third-order valence-electron chi connectivity index (χ3n) is 5.76. The fourth-order valence-corrected chi connectivity index (χ4v) is 3.97. The van der Waals surface area contributed by atoms with E-state index in [1.165, 1.54) is 0 Å². The second kappa shape index (κ2) is 11.0. The molecule has 3 aromatic rings. The van der Waals surface area contributed by atoms with Gasteiger partial charge in [-0.25, -0.2) is 14.4 Å². The van der Waals surface area contributed by atoms with Crippen molar-refractivity contribution in [2.75, 3.05) is 0 Å². The van der Waals surface area contributed by atoms with Gasteiger partial charge in [0.1, 0.15) is 0 Å². The van der Waals surface area contributed by atoms with Gasteiger partial charge in [0.25, 0.3) is 0 Å². The molecule has 180 valence electrons. The van der Waals surface area contributed by atoms with Crippen LogP contribution in [-0.4, -0.2) is 48.4 Å². The molecule has 0 aromatic heterocycles. The first-order valence-electron chi connectivity index (χ1n) is 11.4. The van der Waals surface area contributed by atoms with Gasteiger partial charge in [0.15, 0.2) is 18.3 Å². The molecule has 1 fully saturated rings. The van der Waals surface area contributed by atoms with E-state index in [-0.39, 0.29) is 0 Å². The summed E-state index contributed by atoms with van der Waals surface area (Å²) in [7, 11) is 0. The molecule has 1 aliphatic heterocycles. The van der Waals surface area contributed by atoms with Gasteiger partial charge >= 0.3 is 17.9 Å². The van der Waals surface area contributed by atoms with E-state index in [0.29, 0.717) is 16.7 Å². The minimum atomic E-state index is -1.10. The second-order valence-corrected chi connectivity index (χ2v) is 8.25. The molecular weight excluding hydrogens is 448 g/mol. The van der Waals surface area contributed by atoms with Crippen LogP contribution in [0.4, 0.5) is 0 Å².